The lowest BCUT2D eigenvalue weighted by Crippen LogP contribution is -2.35. The summed E-state index contributed by atoms with van der Waals surface area (Å²) in [6, 6.07) is 4.59. The maximum atomic E-state index is 14.8. The minimum absolute atomic E-state index is 0. The summed E-state index contributed by atoms with van der Waals surface area (Å²) >= 11 is 0. The van der Waals surface area contributed by atoms with Gasteiger partial charge in [0.2, 0.25) is 0 Å². The van der Waals surface area contributed by atoms with Gasteiger partial charge >= 0.3 is 0 Å². The van der Waals surface area contributed by atoms with Crippen molar-refractivity contribution in [2.45, 2.75) is 24.9 Å². The number of pyridine rings is 1. The van der Waals surface area contributed by atoms with Crippen LogP contribution in [0.15, 0.2) is 23.0 Å². The molecule has 128 valence electrons. The van der Waals surface area contributed by atoms with Gasteiger partial charge in [-0.3, -0.25) is 9.36 Å². The van der Waals surface area contributed by atoms with Crippen LogP contribution in [0.25, 0.3) is 10.9 Å². The number of aromatic nitrogens is 1. The van der Waals surface area contributed by atoms with Crippen molar-refractivity contribution in [2.24, 2.45) is 11.7 Å². The van der Waals surface area contributed by atoms with Gasteiger partial charge in [-0.2, -0.15) is 0 Å². The van der Waals surface area contributed by atoms with Gasteiger partial charge in [0.05, 0.1) is 11.6 Å². The number of fused-ring (bicyclic) bond motifs is 1. The first-order valence-corrected chi connectivity index (χ1v) is 8.02. The van der Waals surface area contributed by atoms with Gasteiger partial charge in [0.1, 0.15) is 12.3 Å². The van der Waals surface area contributed by atoms with Crippen molar-refractivity contribution in [3.05, 3.63) is 34.4 Å². The second-order valence-corrected chi connectivity index (χ2v) is 7.19. The zero-order valence-electron chi connectivity index (χ0n) is 13.3. The maximum absolute atomic E-state index is 14.8. The van der Waals surface area contributed by atoms with Crippen LogP contribution in [0, 0.1) is 11.7 Å². The van der Waals surface area contributed by atoms with Gasteiger partial charge in [-0.05, 0) is 31.4 Å². The number of nitrogens with two attached hydrogens (primary N) is 1. The molecule has 3 heterocycles. The van der Waals surface area contributed by atoms with Crippen LogP contribution in [0.3, 0.4) is 0 Å². The molecule has 3 atom stereocenters. The lowest BCUT2D eigenvalue weighted by atomic mass is 10.1. The Bertz CT molecular complexity index is 915. The van der Waals surface area contributed by atoms with E-state index in [1.807, 2.05) is 11.8 Å². The summed E-state index contributed by atoms with van der Waals surface area (Å²) < 4.78 is 22.4. The number of hydrogen-bond donors (Lipinski definition) is 1. The largest absolute Gasteiger partial charge is 0.487 e. The quantitative estimate of drug-likeness (QED) is 0.854. The molecule has 1 aliphatic carbocycles. The molecule has 2 aliphatic heterocycles. The molecule has 1 aromatic carbocycles. The summed E-state index contributed by atoms with van der Waals surface area (Å²) in [5.74, 6) is 0.614. The van der Waals surface area contributed by atoms with Crippen LogP contribution in [-0.4, -0.2) is 29.8 Å². The van der Waals surface area contributed by atoms with E-state index in [9.17, 15) is 9.18 Å². The first-order chi connectivity index (χ1) is 11.0. The van der Waals surface area contributed by atoms with E-state index < -0.39 is 0 Å². The summed E-state index contributed by atoms with van der Waals surface area (Å²) in [4.78, 5) is 14.3. The van der Waals surface area contributed by atoms with E-state index in [1.54, 1.807) is 10.6 Å². The number of hydrogen-bond acceptors (Lipinski definition) is 4. The standard InChI is InChI=1S/C17H18FN3O2.ClH/c1-9-7-23-16-14-10(2-3-13(22)21(9)14)4-12(18)15(16)20-6-11-5-17(11,19)8-20;/h2-4,9,11H,5-8,19H2,1H3;1H/t9-,11?,17?;/m0./s1. The van der Waals surface area contributed by atoms with Gasteiger partial charge in [0.25, 0.3) is 5.56 Å². The van der Waals surface area contributed by atoms with Crippen molar-refractivity contribution < 1.29 is 9.13 Å². The molecule has 2 N–H and O–H groups in total. The summed E-state index contributed by atoms with van der Waals surface area (Å²) in [7, 11) is 0. The first-order valence-electron chi connectivity index (χ1n) is 8.02. The van der Waals surface area contributed by atoms with E-state index >= 15 is 0 Å². The lowest BCUT2D eigenvalue weighted by Gasteiger charge is -2.31. The van der Waals surface area contributed by atoms with Crippen LogP contribution < -0.4 is 20.9 Å². The Morgan fingerprint density at radius 2 is 2.21 bits per heavy atom. The fourth-order valence-electron chi connectivity index (χ4n) is 4.20. The molecule has 1 saturated carbocycles. The monoisotopic (exact) mass is 351 g/mol. The van der Waals surface area contributed by atoms with Gasteiger partial charge in [-0.15, -0.1) is 12.4 Å². The molecule has 7 heteroatoms. The highest BCUT2D eigenvalue weighted by atomic mass is 35.5. The van der Waals surface area contributed by atoms with E-state index in [2.05, 4.69) is 0 Å². The number of ether oxygens (including phenoxy) is 1. The number of anilines is 1. The second kappa shape index (κ2) is 4.86. The van der Waals surface area contributed by atoms with Crippen LogP contribution in [0.1, 0.15) is 19.4 Å². The molecule has 3 aliphatic rings. The molecular weight excluding hydrogens is 333 g/mol. The third-order valence-electron chi connectivity index (χ3n) is 5.53. The van der Waals surface area contributed by atoms with Crippen molar-refractivity contribution in [3.8, 4) is 5.75 Å². The Morgan fingerprint density at radius 3 is 2.92 bits per heavy atom. The Balaban J connectivity index is 0.00000146. The lowest BCUT2D eigenvalue weighted by molar-refractivity contribution is 0.244. The van der Waals surface area contributed by atoms with Gasteiger partial charge in [-0.1, -0.05) is 0 Å². The Morgan fingerprint density at radius 1 is 1.42 bits per heavy atom. The third-order valence-corrected chi connectivity index (χ3v) is 5.53. The molecule has 0 bridgehead atoms. The zero-order chi connectivity index (χ0) is 15.9. The van der Waals surface area contributed by atoms with Gasteiger partial charge in [0, 0.05) is 30.1 Å². The van der Waals surface area contributed by atoms with Gasteiger partial charge < -0.3 is 15.4 Å². The van der Waals surface area contributed by atoms with Crippen molar-refractivity contribution in [3.63, 3.8) is 0 Å². The van der Waals surface area contributed by atoms with E-state index in [0.29, 0.717) is 41.4 Å². The van der Waals surface area contributed by atoms with Crippen molar-refractivity contribution in [2.75, 3.05) is 24.6 Å². The second-order valence-electron chi connectivity index (χ2n) is 7.19. The number of piperidine rings is 1. The summed E-state index contributed by atoms with van der Waals surface area (Å²) in [5.41, 5.74) is 7.17. The molecule has 1 saturated heterocycles. The maximum Gasteiger partial charge on any atom is 0.251 e. The zero-order valence-corrected chi connectivity index (χ0v) is 14.1. The molecule has 0 radical (unpaired) electrons. The van der Waals surface area contributed by atoms with Crippen molar-refractivity contribution in [1.29, 1.82) is 0 Å². The molecular formula is C17H19ClFN3O2. The highest BCUT2D eigenvalue weighted by Crippen LogP contribution is 2.51. The minimum Gasteiger partial charge on any atom is -0.487 e. The first kappa shape index (κ1) is 15.7. The highest BCUT2D eigenvalue weighted by Gasteiger charge is 2.58. The average Bonchev–Trinajstić information content (AvgIpc) is 3.02. The fourth-order valence-corrected chi connectivity index (χ4v) is 4.20. The van der Waals surface area contributed by atoms with Gasteiger partial charge in [-0.25, -0.2) is 4.39 Å². The normalized spacial score (nSPS) is 29.9. The van der Waals surface area contributed by atoms with Crippen LogP contribution in [0.5, 0.6) is 5.75 Å². The molecule has 2 fully saturated rings. The van der Waals surface area contributed by atoms with Crippen LogP contribution in [0.2, 0.25) is 0 Å². The number of nitrogens with zero attached hydrogens (tertiary/aromatic N) is 2. The SMILES string of the molecule is C[C@H]1COc2c(N3CC4CC4(N)C3)c(F)cc3ccc(=O)n1c23.Cl. The fraction of sp³-hybridized carbons (Fsp3) is 0.471. The molecule has 2 aromatic rings. The number of benzene rings is 1. The molecule has 5 rings (SSSR count). The Hall–Kier alpha value is -1.79. The molecule has 24 heavy (non-hydrogen) atoms. The predicted molar refractivity (Wildman–Crippen MR) is 92.9 cm³/mol. The Kier molecular flexibility index (Phi) is 3.19. The van der Waals surface area contributed by atoms with Crippen molar-refractivity contribution in [1.82, 2.24) is 4.57 Å². The van der Waals surface area contributed by atoms with Crippen LogP contribution in [-0.2, 0) is 0 Å². The van der Waals surface area contributed by atoms with E-state index in [0.717, 1.165) is 13.0 Å². The van der Waals surface area contributed by atoms with Crippen LogP contribution >= 0.6 is 12.4 Å². The third kappa shape index (κ3) is 1.93. The average molecular weight is 352 g/mol. The summed E-state index contributed by atoms with van der Waals surface area (Å²) in [6.45, 7) is 3.70. The smallest absolute Gasteiger partial charge is 0.251 e. The van der Waals surface area contributed by atoms with Crippen LogP contribution in [0.4, 0.5) is 10.1 Å². The van der Waals surface area contributed by atoms with E-state index in [-0.39, 0.29) is 35.4 Å². The molecule has 0 amide bonds. The molecule has 2 unspecified atom stereocenters. The molecule has 5 nitrogen and oxygen atoms in total. The number of halogens is 2. The Labute approximate surface area is 144 Å². The summed E-state index contributed by atoms with van der Waals surface area (Å²) in [5, 5.41) is 0.694. The highest BCUT2D eigenvalue weighted by molar-refractivity contribution is 5.92. The molecule has 0 spiro atoms. The van der Waals surface area contributed by atoms with E-state index in [4.69, 9.17) is 10.5 Å². The predicted octanol–water partition coefficient (Wildman–Crippen LogP) is 2.05. The summed E-state index contributed by atoms with van der Waals surface area (Å²) in [6.07, 6.45) is 1.01. The molecule has 1 aromatic heterocycles. The minimum atomic E-state index is -0.308. The number of rotatable bonds is 1. The van der Waals surface area contributed by atoms with Crippen molar-refractivity contribution >= 4 is 29.0 Å². The van der Waals surface area contributed by atoms with E-state index in [1.165, 1.54) is 12.1 Å². The topological polar surface area (TPSA) is 60.5 Å². The van der Waals surface area contributed by atoms with Gasteiger partial charge in [0.15, 0.2) is 11.6 Å².